The van der Waals surface area contributed by atoms with E-state index in [2.05, 4.69) is 76.0 Å². The summed E-state index contributed by atoms with van der Waals surface area (Å²) in [7, 11) is 0. The molecule has 156 valence electrons. The van der Waals surface area contributed by atoms with Gasteiger partial charge in [-0.05, 0) is 50.7 Å². The average Bonchev–Trinajstić information content (AvgIpc) is 2.66. The van der Waals surface area contributed by atoms with Crippen molar-refractivity contribution < 1.29 is 0 Å². The number of hydrogen-bond acceptors (Lipinski definition) is 2. The SMILES string of the molecule is C=C(CC(C)/C(CC)=C(\C)c1ccc(C)cc1)NC/C=C\C.CC.CC.N. The summed E-state index contributed by atoms with van der Waals surface area (Å²) < 4.78 is 0. The lowest BCUT2D eigenvalue weighted by molar-refractivity contribution is 0.622. The van der Waals surface area contributed by atoms with Gasteiger partial charge < -0.3 is 11.5 Å². The molecule has 27 heavy (non-hydrogen) atoms. The predicted octanol–water partition coefficient (Wildman–Crippen LogP) is 8.10. The maximum Gasteiger partial charge on any atom is 0.0327 e. The first-order valence-electron chi connectivity index (χ1n) is 10.3. The summed E-state index contributed by atoms with van der Waals surface area (Å²) in [5, 5.41) is 3.38. The Kier molecular flexibility index (Phi) is 21.0. The van der Waals surface area contributed by atoms with Crippen LogP contribution >= 0.6 is 0 Å². The highest BCUT2D eigenvalue weighted by Gasteiger charge is 2.12. The van der Waals surface area contributed by atoms with Crippen molar-refractivity contribution in [2.24, 2.45) is 5.92 Å². The zero-order valence-electron chi connectivity index (χ0n) is 19.6. The lowest BCUT2D eigenvalue weighted by Crippen LogP contribution is -2.15. The van der Waals surface area contributed by atoms with E-state index in [9.17, 15) is 0 Å². The number of hydrogen-bond donors (Lipinski definition) is 2. The molecular formula is C25H46N2. The second-order valence-electron chi connectivity index (χ2n) is 6.03. The van der Waals surface area contributed by atoms with Crippen LogP contribution in [0.15, 0.2) is 54.3 Å². The van der Waals surface area contributed by atoms with Crippen LogP contribution in [0.1, 0.15) is 79.4 Å². The fourth-order valence-corrected chi connectivity index (χ4v) is 2.86. The van der Waals surface area contributed by atoms with Crippen molar-refractivity contribution in [2.75, 3.05) is 6.54 Å². The summed E-state index contributed by atoms with van der Waals surface area (Å²) in [6.07, 6.45) is 6.25. The third-order valence-electron chi connectivity index (χ3n) is 4.20. The molecule has 1 rings (SSSR count). The minimum atomic E-state index is 0. The Labute approximate surface area is 170 Å². The van der Waals surface area contributed by atoms with Crippen LogP contribution in [0.3, 0.4) is 0 Å². The molecule has 0 radical (unpaired) electrons. The van der Waals surface area contributed by atoms with Crippen LogP contribution in [0, 0.1) is 12.8 Å². The van der Waals surface area contributed by atoms with Gasteiger partial charge in [0.1, 0.15) is 0 Å². The third-order valence-corrected chi connectivity index (χ3v) is 4.20. The summed E-state index contributed by atoms with van der Waals surface area (Å²) in [4.78, 5) is 0. The molecular weight excluding hydrogens is 328 g/mol. The molecule has 0 aromatic heterocycles. The second-order valence-corrected chi connectivity index (χ2v) is 6.03. The van der Waals surface area contributed by atoms with E-state index in [0.29, 0.717) is 5.92 Å². The molecule has 0 aliphatic heterocycles. The van der Waals surface area contributed by atoms with Gasteiger partial charge in [0.15, 0.2) is 0 Å². The third kappa shape index (κ3) is 12.3. The fourth-order valence-electron chi connectivity index (χ4n) is 2.86. The number of rotatable bonds is 8. The van der Waals surface area contributed by atoms with E-state index in [-0.39, 0.29) is 6.15 Å². The maximum atomic E-state index is 4.16. The van der Waals surface area contributed by atoms with Crippen molar-refractivity contribution in [1.82, 2.24) is 11.5 Å². The molecule has 4 N–H and O–H groups in total. The zero-order valence-corrected chi connectivity index (χ0v) is 19.6. The second kappa shape index (κ2) is 19.0. The van der Waals surface area contributed by atoms with E-state index in [0.717, 1.165) is 25.1 Å². The van der Waals surface area contributed by atoms with Crippen molar-refractivity contribution in [3.05, 3.63) is 65.4 Å². The molecule has 2 heteroatoms. The number of aryl methyl sites for hydroxylation is 1. The van der Waals surface area contributed by atoms with E-state index in [4.69, 9.17) is 0 Å². The van der Waals surface area contributed by atoms with Crippen LogP contribution in [-0.2, 0) is 0 Å². The molecule has 0 amide bonds. The predicted molar refractivity (Wildman–Crippen MR) is 128 cm³/mol. The van der Waals surface area contributed by atoms with Gasteiger partial charge >= 0.3 is 0 Å². The van der Waals surface area contributed by atoms with E-state index < -0.39 is 0 Å². The number of nitrogens with one attached hydrogen (secondary N) is 1. The first kappa shape index (κ1) is 29.9. The highest BCUT2D eigenvalue weighted by molar-refractivity contribution is 5.67. The van der Waals surface area contributed by atoms with Gasteiger partial charge in [-0.25, -0.2) is 0 Å². The Morgan fingerprint density at radius 1 is 1.11 bits per heavy atom. The molecule has 0 aliphatic rings. The lowest BCUT2D eigenvalue weighted by Gasteiger charge is -2.20. The van der Waals surface area contributed by atoms with Crippen molar-refractivity contribution in [3.63, 3.8) is 0 Å². The van der Waals surface area contributed by atoms with Gasteiger partial charge in [0.05, 0.1) is 0 Å². The van der Waals surface area contributed by atoms with Crippen LogP contribution in [0.25, 0.3) is 5.57 Å². The minimum Gasteiger partial charge on any atom is -0.385 e. The maximum absolute atomic E-state index is 4.16. The standard InChI is InChI=1S/C21H31N.2C2H6.H3N/c1-7-9-14-22-18(5)15-17(4)21(8-2)19(6)20-12-10-16(3)11-13-20;2*1-2;/h7,9-13,17,22H,5,8,14-15H2,1-4,6H3;2*1-2H3;1H3/b9-7-,21-19+;;;. The summed E-state index contributed by atoms with van der Waals surface area (Å²) in [6, 6.07) is 8.83. The van der Waals surface area contributed by atoms with Gasteiger partial charge in [0, 0.05) is 12.2 Å². The monoisotopic (exact) mass is 374 g/mol. The zero-order chi connectivity index (χ0) is 20.5. The molecule has 0 spiro atoms. The van der Waals surface area contributed by atoms with Crippen LogP contribution < -0.4 is 11.5 Å². The van der Waals surface area contributed by atoms with E-state index in [1.807, 2.05) is 34.6 Å². The van der Waals surface area contributed by atoms with Crippen molar-refractivity contribution in [3.8, 4) is 0 Å². The van der Waals surface area contributed by atoms with Crippen molar-refractivity contribution in [2.45, 2.75) is 75.2 Å². The van der Waals surface area contributed by atoms with Gasteiger partial charge in [-0.15, -0.1) is 0 Å². The van der Waals surface area contributed by atoms with E-state index in [1.165, 1.54) is 22.3 Å². The number of allylic oxidation sites excluding steroid dienone is 4. The van der Waals surface area contributed by atoms with Crippen LogP contribution in [-0.4, -0.2) is 6.54 Å². The molecule has 1 atom stereocenters. The summed E-state index contributed by atoms with van der Waals surface area (Å²) in [6.45, 7) is 24.0. The first-order chi connectivity index (χ1) is 12.5. The molecule has 0 bridgehead atoms. The summed E-state index contributed by atoms with van der Waals surface area (Å²) in [5.74, 6) is 0.511. The molecule has 0 fully saturated rings. The minimum absolute atomic E-state index is 0. The number of benzene rings is 1. The Morgan fingerprint density at radius 3 is 2.07 bits per heavy atom. The van der Waals surface area contributed by atoms with Crippen molar-refractivity contribution in [1.29, 1.82) is 0 Å². The average molecular weight is 375 g/mol. The molecule has 1 unspecified atom stereocenters. The topological polar surface area (TPSA) is 47.0 Å². The van der Waals surface area contributed by atoms with Gasteiger partial charge in [0.25, 0.3) is 0 Å². The van der Waals surface area contributed by atoms with Gasteiger partial charge in [0.2, 0.25) is 0 Å². The Morgan fingerprint density at radius 2 is 1.63 bits per heavy atom. The quantitative estimate of drug-likeness (QED) is 0.451. The highest BCUT2D eigenvalue weighted by Crippen LogP contribution is 2.29. The van der Waals surface area contributed by atoms with Crippen LogP contribution in [0.2, 0.25) is 0 Å². The van der Waals surface area contributed by atoms with Gasteiger partial charge in [-0.2, -0.15) is 0 Å². The smallest absolute Gasteiger partial charge is 0.0327 e. The van der Waals surface area contributed by atoms with Crippen LogP contribution in [0.5, 0.6) is 0 Å². The highest BCUT2D eigenvalue weighted by atomic mass is 14.9. The summed E-state index contributed by atoms with van der Waals surface area (Å²) >= 11 is 0. The molecule has 0 aliphatic carbocycles. The Bertz CT molecular complexity index is 536. The molecule has 0 saturated carbocycles. The van der Waals surface area contributed by atoms with Gasteiger partial charge in [-0.1, -0.05) is 95.7 Å². The van der Waals surface area contributed by atoms with Crippen molar-refractivity contribution >= 4 is 5.57 Å². The molecule has 1 aromatic rings. The Balaban J connectivity index is -0.00000108. The molecule has 2 nitrogen and oxygen atoms in total. The van der Waals surface area contributed by atoms with E-state index in [1.54, 1.807) is 0 Å². The molecule has 0 heterocycles. The Hall–Kier alpha value is -1.80. The summed E-state index contributed by atoms with van der Waals surface area (Å²) in [5.41, 5.74) is 6.70. The van der Waals surface area contributed by atoms with Gasteiger partial charge in [-0.3, -0.25) is 0 Å². The lowest BCUT2D eigenvalue weighted by atomic mass is 9.88. The molecule has 1 aromatic carbocycles. The fraction of sp³-hybridized carbons (Fsp3) is 0.520. The first-order valence-corrected chi connectivity index (χ1v) is 10.3. The van der Waals surface area contributed by atoms with Crippen LogP contribution in [0.4, 0.5) is 0 Å². The van der Waals surface area contributed by atoms with E-state index >= 15 is 0 Å². The molecule has 0 saturated heterocycles. The largest absolute Gasteiger partial charge is 0.385 e. The normalized spacial score (nSPS) is 11.7.